The lowest BCUT2D eigenvalue weighted by Crippen LogP contribution is -2.36. The van der Waals surface area contributed by atoms with Crippen molar-refractivity contribution in [3.8, 4) is 0 Å². The molecule has 7 nitrogen and oxygen atoms in total. The number of aliphatic carboxylic acids is 1. The van der Waals surface area contributed by atoms with Crippen molar-refractivity contribution < 1.29 is 29.4 Å². The van der Waals surface area contributed by atoms with Gasteiger partial charge in [-0.1, -0.05) is 0 Å². The van der Waals surface area contributed by atoms with Gasteiger partial charge >= 0.3 is 13.6 Å². The zero-order chi connectivity index (χ0) is 9.78. The number of hydrogen-bond donors (Lipinski definition) is 5. The number of carbonyl (C=O) groups is 1. The first-order chi connectivity index (χ1) is 5.38. The van der Waals surface area contributed by atoms with E-state index < -0.39 is 32.5 Å². The normalized spacial score (nSPS) is 13.2. The lowest BCUT2D eigenvalue weighted by atomic mass is 10.6. The summed E-state index contributed by atoms with van der Waals surface area (Å²) in [4.78, 5) is 26.9. The van der Waals surface area contributed by atoms with Crippen LogP contribution in [0.15, 0.2) is 0 Å². The third kappa shape index (κ3) is 6.94. The van der Waals surface area contributed by atoms with Gasteiger partial charge in [0, 0.05) is 0 Å². The van der Waals surface area contributed by atoms with Gasteiger partial charge in [-0.05, 0) is 0 Å². The molecule has 0 aliphatic rings. The van der Waals surface area contributed by atoms with Crippen LogP contribution in [0.3, 0.4) is 0 Å². The third-order valence-electron chi connectivity index (χ3n) is 1.07. The van der Waals surface area contributed by atoms with Crippen LogP contribution in [0.1, 0.15) is 0 Å². The van der Waals surface area contributed by atoms with Crippen LogP contribution in [-0.4, -0.2) is 44.9 Å². The summed E-state index contributed by atoms with van der Waals surface area (Å²) in [6, 6.07) is 0. The Bertz CT molecular complexity index is 205. The van der Waals surface area contributed by atoms with Gasteiger partial charge in [0.15, 0.2) is 0 Å². The highest BCUT2D eigenvalue weighted by Crippen LogP contribution is 2.38. The van der Waals surface area contributed by atoms with E-state index in [1.54, 1.807) is 0 Å². The Morgan fingerprint density at radius 3 is 2.15 bits per heavy atom. The van der Waals surface area contributed by atoms with Crippen LogP contribution in [0.2, 0.25) is 0 Å². The predicted octanol–water partition coefficient (Wildman–Crippen LogP) is -1.42. The molecule has 9 heteroatoms. The molecule has 0 heterocycles. The summed E-state index contributed by atoms with van der Waals surface area (Å²) in [7, 11) is -4.46. The van der Waals surface area contributed by atoms with E-state index in [0.29, 0.717) is 0 Å². The molecule has 0 radical (unpaired) electrons. The Hall–Kier alpha value is -0.170. The Labute approximate surface area is 80.3 Å². The Kier molecular flexibility index (Phi) is 7.43. The fourth-order valence-electron chi connectivity index (χ4n) is 0.495. The van der Waals surface area contributed by atoms with Crippen molar-refractivity contribution in [1.29, 1.82) is 0 Å². The van der Waals surface area contributed by atoms with Gasteiger partial charge in [0.25, 0.3) is 0 Å². The number of nitrogens with one attached hydrogen (secondary N) is 1. The fourth-order valence-corrected chi connectivity index (χ4v) is 1.04. The van der Waals surface area contributed by atoms with E-state index in [1.807, 2.05) is 5.32 Å². The molecular weight excluding hydrogens is 224 g/mol. The number of aliphatic hydroxyl groups is 1. The maximum Gasteiger partial charge on any atom is 0.344 e. The predicted molar refractivity (Wildman–Crippen MR) is 45.8 cm³/mol. The van der Waals surface area contributed by atoms with Crippen LogP contribution < -0.4 is 5.32 Å². The average Bonchev–Trinajstić information content (AvgIpc) is 1.85. The highest BCUT2D eigenvalue weighted by Gasteiger charge is 2.27. The molecule has 0 aromatic rings. The van der Waals surface area contributed by atoms with Gasteiger partial charge in [-0.2, -0.15) is 0 Å². The molecule has 0 amide bonds. The van der Waals surface area contributed by atoms with Crippen molar-refractivity contribution in [1.82, 2.24) is 5.32 Å². The number of hydrogen-bond acceptors (Lipinski definition) is 4. The first kappa shape index (κ1) is 15.3. The Morgan fingerprint density at radius 1 is 1.46 bits per heavy atom. The molecule has 0 bridgehead atoms. The number of halogens is 1. The largest absolute Gasteiger partial charge is 0.480 e. The average molecular weight is 236 g/mol. The molecule has 0 aliphatic heterocycles. The lowest BCUT2D eigenvalue weighted by molar-refractivity contribution is -0.136. The molecule has 0 spiro atoms. The van der Waals surface area contributed by atoms with Gasteiger partial charge in [0.05, 0.1) is 13.2 Å². The minimum Gasteiger partial charge on any atom is -0.480 e. The highest BCUT2D eigenvalue weighted by atomic mass is 35.5. The summed E-state index contributed by atoms with van der Waals surface area (Å²) >= 11 is 0. The zero-order valence-corrected chi connectivity index (χ0v) is 8.16. The van der Waals surface area contributed by atoms with Crippen molar-refractivity contribution in [2.24, 2.45) is 0 Å². The number of carboxylic acid groups (broad SMARTS) is 1. The van der Waals surface area contributed by atoms with Crippen molar-refractivity contribution in [2.45, 2.75) is 5.78 Å². The number of aliphatic hydroxyl groups excluding tert-OH is 1. The van der Waals surface area contributed by atoms with Crippen LogP contribution in [0.25, 0.3) is 0 Å². The first-order valence-electron chi connectivity index (χ1n) is 2.99. The minimum absolute atomic E-state index is 0. The summed E-state index contributed by atoms with van der Waals surface area (Å²) < 4.78 is 10.5. The van der Waals surface area contributed by atoms with E-state index in [9.17, 15) is 9.36 Å². The zero-order valence-electron chi connectivity index (χ0n) is 6.45. The summed E-state index contributed by atoms with van der Waals surface area (Å²) in [5, 5.41) is 18.5. The topological polar surface area (TPSA) is 127 Å². The fraction of sp³-hybridized carbons (Fsp3) is 0.750. The van der Waals surface area contributed by atoms with Crippen LogP contribution in [0.4, 0.5) is 0 Å². The molecule has 0 fully saturated rings. The van der Waals surface area contributed by atoms with E-state index >= 15 is 0 Å². The second-order valence-corrected chi connectivity index (χ2v) is 3.86. The van der Waals surface area contributed by atoms with Crippen molar-refractivity contribution >= 4 is 26.0 Å². The maximum absolute atomic E-state index is 10.5. The van der Waals surface area contributed by atoms with Gasteiger partial charge in [-0.3, -0.25) is 14.7 Å². The van der Waals surface area contributed by atoms with Crippen molar-refractivity contribution in [2.75, 3.05) is 13.2 Å². The molecule has 0 aromatic carbocycles. The Morgan fingerprint density at radius 2 is 1.92 bits per heavy atom. The summed E-state index contributed by atoms with van der Waals surface area (Å²) in [6.07, 6.45) is 0. The number of rotatable bonds is 5. The smallest absolute Gasteiger partial charge is 0.344 e. The lowest BCUT2D eigenvalue weighted by Gasteiger charge is -2.15. The second kappa shape index (κ2) is 6.31. The second-order valence-electron chi connectivity index (χ2n) is 2.06. The van der Waals surface area contributed by atoms with Crippen molar-refractivity contribution in [3.63, 3.8) is 0 Å². The van der Waals surface area contributed by atoms with E-state index in [4.69, 9.17) is 20.0 Å². The quantitative estimate of drug-likeness (QED) is 0.370. The van der Waals surface area contributed by atoms with E-state index in [2.05, 4.69) is 0 Å². The van der Waals surface area contributed by atoms with Crippen LogP contribution in [0.5, 0.6) is 0 Å². The van der Waals surface area contributed by atoms with Crippen molar-refractivity contribution in [3.05, 3.63) is 0 Å². The Balaban J connectivity index is 0. The van der Waals surface area contributed by atoms with Crippen LogP contribution >= 0.6 is 20.0 Å². The minimum atomic E-state index is -4.46. The molecule has 0 saturated heterocycles. The molecule has 0 rings (SSSR count). The number of carboxylic acids is 1. The molecule has 0 aliphatic carbocycles. The standard InChI is InChI=1S/C4H10NO6P.ClH/c6-2-3(12(9,10)11)5-1-4(7)8;/h3,5-6H,1-2H2,(H,7,8)(H2,9,10,11);1H. The van der Waals surface area contributed by atoms with E-state index in [1.165, 1.54) is 0 Å². The summed E-state index contributed by atoms with van der Waals surface area (Å²) in [5.74, 6) is -2.75. The van der Waals surface area contributed by atoms with Gasteiger partial charge in [0.1, 0.15) is 5.78 Å². The summed E-state index contributed by atoms with van der Waals surface area (Å²) in [6.45, 7) is -1.41. The molecule has 0 aromatic heterocycles. The maximum atomic E-state index is 10.5. The molecular formula is C4H11ClNO6P. The first-order valence-corrected chi connectivity index (χ1v) is 4.67. The molecule has 5 N–H and O–H groups in total. The monoisotopic (exact) mass is 235 g/mol. The van der Waals surface area contributed by atoms with Gasteiger partial charge in [0.2, 0.25) is 0 Å². The summed E-state index contributed by atoms with van der Waals surface area (Å²) in [5.41, 5.74) is 0. The SMILES string of the molecule is Cl.O=C(O)CNC(CO)P(=O)(O)O. The highest BCUT2D eigenvalue weighted by molar-refractivity contribution is 7.52. The van der Waals surface area contributed by atoms with Gasteiger partial charge < -0.3 is 20.0 Å². The molecule has 1 atom stereocenters. The van der Waals surface area contributed by atoms with E-state index in [0.717, 1.165) is 0 Å². The molecule has 0 saturated carbocycles. The van der Waals surface area contributed by atoms with Crippen LogP contribution in [-0.2, 0) is 9.36 Å². The van der Waals surface area contributed by atoms with Crippen LogP contribution in [0, 0.1) is 0 Å². The van der Waals surface area contributed by atoms with Gasteiger partial charge in [-0.25, -0.2) is 0 Å². The molecule has 13 heavy (non-hydrogen) atoms. The molecule has 1 unspecified atom stereocenters. The molecule has 80 valence electrons. The van der Waals surface area contributed by atoms with E-state index in [-0.39, 0.29) is 12.4 Å². The third-order valence-corrected chi connectivity index (χ3v) is 2.23. The van der Waals surface area contributed by atoms with Gasteiger partial charge in [-0.15, -0.1) is 12.4 Å².